The van der Waals surface area contributed by atoms with Crippen LogP contribution in [0.2, 0.25) is 5.02 Å². The molecule has 0 saturated heterocycles. The number of hydroxylamine groups is 1. The molecule has 25 heavy (non-hydrogen) atoms. The van der Waals surface area contributed by atoms with Gasteiger partial charge in [0.15, 0.2) is 11.5 Å². The Kier molecular flexibility index (Phi) is 6.14. The van der Waals surface area contributed by atoms with E-state index in [0.717, 1.165) is 5.06 Å². The Balaban J connectivity index is 2.13. The SMILES string of the molecule is CC(=O)N(Oc1ccc(Cl)cc1)c1ccc(C(=O)CCC(=O)O)cc1. The number of halogens is 1. The number of carbonyl (C=O) groups excluding carboxylic acids is 2. The first-order valence-corrected chi connectivity index (χ1v) is 7.84. The van der Waals surface area contributed by atoms with Crippen LogP contribution in [0.5, 0.6) is 5.75 Å². The minimum absolute atomic E-state index is 0.0770. The Morgan fingerprint density at radius 3 is 2.12 bits per heavy atom. The highest BCUT2D eigenvalue weighted by molar-refractivity contribution is 6.30. The van der Waals surface area contributed by atoms with Gasteiger partial charge < -0.3 is 9.94 Å². The Morgan fingerprint density at radius 2 is 1.60 bits per heavy atom. The summed E-state index contributed by atoms with van der Waals surface area (Å²) in [5, 5.41) is 10.3. The van der Waals surface area contributed by atoms with E-state index >= 15 is 0 Å². The highest BCUT2D eigenvalue weighted by Crippen LogP contribution is 2.22. The summed E-state index contributed by atoms with van der Waals surface area (Å²) in [5.41, 5.74) is 0.817. The molecule has 2 aromatic carbocycles. The van der Waals surface area contributed by atoms with E-state index in [9.17, 15) is 14.4 Å². The fraction of sp³-hybridized carbons (Fsp3) is 0.167. The number of rotatable bonds is 7. The lowest BCUT2D eigenvalue weighted by Gasteiger charge is -2.21. The van der Waals surface area contributed by atoms with Crippen molar-refractivity contribution in [3.8, 4) is 5.75 Å². The molecule has 7 heteroatoms. The van der Waals surface area contributed by atoms with Gasteiger partial charge in [0.05, 0.1) is 12.1 Å². The number of nitrogens with zero attached hydrogens (tertiary/aromatic N) is 1. The third-order valence-electron chi connectivity index (χ3n) is 3.29. The normalized spacial score (nSPS) is 10.2. The fourth-order valence-electron chi connectivity index (χ4n) is 2.05. The molecule has 0 spiro atoms. The molecule has 0 radical (unpaired) electrons. The van der Waals surface area contributed by atoms with Crippen LogP contribution in [0.25, 0.3) is 0 Å². The van der Waals surface area contributed by atoms with Gasteiger partial charge in [-0.3, -0.25) is 14.4 Å². The molecule has 0 aliphatic heterocycles. The van der Waals surface area contributed by atoms with Gasteiger partial charge in [-0.05, 0) is 48.5 Å². The van der Waals surface area contributed by atoms with Crippen LogP contribution in [0.1, 0.15) is 30.1 Å². The Morgan fingerprint density at radius 1 is 1.00 bits per heavy atom. The van der Waals surface area contributed by atoms with E-state index < -0.39 is 5.97 Å². The van der Waals surface area contributed by atoms with Crippen LogP contribution in [0.3, 0.4) is 0 Å². The van der Waals surface area contributed by atoms with E-state index in [2.05, 4.69) is 0 Å². The summed E-state index contributed by atoms with van der Waals surface area (Å²) < 4.78 is 0. The average Bonchev–Trinajstić information content (AvgIpc) is 2.59. The lowest BCUT2D eigenvalue weighted by molar-refractivity contribution is -0.137. The van der Waals surface area contributed by atoms with Crippen LogP contribution in [0.15, 0.2) is 48.5 Å². The van der Waals surface area contributed by atoms with E-state index in [1.807, 2.05) is 0 Å². The van der Waals surface area contributed by atoms with Crippen molar-refractivity contribution in [2.75, 3.05) is 5.06 Å². The minimum Gasteiger partial charge on any atom is -0.481 e. The molecule has 130 valence electrons. The molecule has 6 nitrogen and oxygen atoms in total. The Hall–Kier alpha value is -2.86. The topological polar surface area (TPSA) is 83.9 Å². The Labute approximate surface area is 149 Å². The smallest absolute Gasteiger partial charge is 0.303 e. The van der Waals surface area contributed by atoms with E-state index in [4.69, 9.17) is 21.5 Å². The molecule has 0 heterocycles. The van der Waals surface area contributed by atoms with Gasteiger partial charge in [0.25, 0.3) is 5.91 Å². The van der Waals surface area contributed by atoms with E-state index in [-0.39, 0.29) is 24.5 Å². The second-order valence-corrected chi connectivity index (χ2v) is 5.66. The maximum atomic E-state index is 11.9. The van der Waals surface area contributed by atoms with Crippen molar-refractivity contribution < 1.29 is 24.3 Å². The second kappa shape index (κ2) is 8.30. The maximum absolute atomic E-state index is 11.9. The van der Waals surface area contributed by atoms with Crippen LogP contribution in [-0.4, -0.2) is 22.8 Å². The van der Waals surface area contributed by atoms with Gasteiger partial charge in [0.2, 0.25) is 0 Å². The number of aliphatic carboxylic acids is 1. The van der Waals surface area contributed by atoms with E-state index in [1.165, 1.54) is 19.1 Å². The Bertz CT molecular complexity index is 771. The molecule has 0 bridgehead atoms. The van der Waals surface area contributed by atoms with Gasteiger partial charge in [-0.2, -0.15) is 0 Å². The van der Waals surface area contributed by atoms with Crippen molar-refractivity contribution in [3.05, 3.63) is 59.1 Å². The summed E-state index contributed by atoms with van der Waals surface area (Å²) >= 11 is 5.82. The largest absolute Gasteiger partial charge is 0.481 e. The molecule has 1 amide bonds. The van der Waals surface area contributed by atoms with Crippen LogP contribution in [-0.2, 0) is 9.59 Å². The molecule has 0 fully saturated rings. The van der Waals surface area contributed by atoms with Crippen LogP contribution in [0, 0.1) is 0 Å². The zero-order valence-corrected chi connectivity index (χ0v) is 14.2. The monoisotopic (exact) mass is 361 g/mol. The zero-order chi connectivity index (χ0) is 18.4. The average molecular weight is 362 g/mol. The van der Waals surface area contributed by atoms with Crippen molar-refractivity contribution in [1.29, 1.82) is 0 Å². The molecular formula is C18H16ClNO5. The standard InChI is InChI=1S/C18H16ClNO5/c1-12(21)20(25-16-8-4-14(19)5-9-16)15-6-2-13(3-7-15)17(22)10-11-18(23)24/h2-9H,10-11H2,1H3,(H,23,24). The number of carbonyl (C=O) groups is 3. The predicted molar refractivity (Wildman–Crippen MR) is 92.9 cm³/mol. The first-order valence-electron chi connectivity index (χ1n) is 7.46. The number of anilines is 1. The molecule has 1 N–H and O–H groups in total. The van der Waals surface area contributed by atoms with Crippen molar-refractivity contribution >= 4 is 34.9 Å². The molecule has 0 aliphatic rings. The molecule has 0 aliphatic carbocycles. The van der Waals surface area contributed by atoms with Crippen molar-refractivity contribution in [2.45, 2.75) is 19.8 Å². The van der Waals surface area contributed by atoms with Gasteiger partial charge in [0.1, 0.15) is 0 Å². The zero-order valence-electron chi connectivity index (χ0n) is 13.4. The van der Waals surface area contributed by atoms with Gasteiger partial charge in [-0.25, -0.2) is 0 Å². The summed E-state index contributed by atoms with van der Waals surface area (Å²) in [6, 6.07) is 12.7. The fourth-order valence-corrected chi connectivity index (χ4v) is 2.17. The molecule has 2 rings (SSSR count). The highest BCUT2D eigenvalue weighted by atomic mass is 35.5. The molecular weight excluding hydrogens is 346 g/mol. The number of hydrogen-bond donors (Lipinski definition) is 1. The van der Waals surface area contributed by atoms with Gasteiger partial charge in [-0.15, -0.1) is 5.06 Å². The van der Waals surface area contributed by atoms with Crippen LogP contribution < -0.4 is 9.90 Å². The lowest BCUT2D eigenvalue weighted by Crippen LogP contribution is -2.32. The van der Waals surface area contributed by atoms with Crippen molar-refractivity contribution in [2.24, 2.45) is 0 Å². The minimum atomic E-state index is -1.02. The number of carboxylic acids is 1. The molecule has 2 aromatic rings. The van der Waals surface area contributed by atoms with Gasteiger partial charge in [-0.1, -0.05) is 11.6 Å². The third kappa shape index (κ3) is 5.32. The third-order valence-corrected chi connectivity index (χ3v) is 3.54. The van der Waals surface area contributed by atoms with Gasteiger partial charge in [0, 0.05) is 23.9 Å². The first-order chi connectivity index (χ1) is 11.9. The van der Waals surface area contributed by atoms with E-state index in [0.29, 0.717) is 22.0 Å². The summed E-state index contributed by atoms with van der Waals surface area (Å²) in [6.45, 7) is 1.35. The summed E-state index contributed by atoms with van der Waals surface area (Å²) in [6.07, 6.45) is -0.299. The summed E-state index contributed by atoms with van der Waals surface area (Å²) in [7, 11) is 0. The van der Waals surface area contributed by atoms with E-state index in [1.54, 1.807) is 36.4 Å². The maximum Gasteiger partial charge on any atom is 0.303 e. The van der Waals surface area contributed by atoms with Crippen LogP contribution in [0.4, 0.5) is 5.69 Å². The number of Topliss-reactive ketones (excluding diaryl/α,β-unsaturated/α-hetero) is 1. The van der Waals surface area contributed by atoms with Gasteiger partial charge >= 0.3 is 5.97 Å². The highest BCUT2D eigenvalue weighted by Gasteiger charge is 2.15. The number of hydrogen-bond acceptors (Lipinski definition) is 4. The number of benzene rings is 2. The number of amides is 1. The summed E-state index contributed by atoms with van der Waals surface area (Å²) in [5.74, 6) is -1.22. The molecule has 0 aromatic heterocycles. The first kappa shape index (κ1) is 18.5. The predicted octanol–water partition coefficient (Wildman–Crippen LogP) is 3.73. The lowest BCUT2D eigenvalue weighted by atomic mass is 10.1. The van der Waals surface area contributed by atoms with Crippen molar-refractivity contribution in [3.63, 3.8) is 0 Å². The number of carboxylic acid groups (broad SMARTS) is 1. The molecule has 0 atom stereocenters. The molecule has 0 unspecified atom stereocenters. The molecule has 0 saturated carbocycles. The second-order valence-electron chi connectivity index (χ2n) is 5.22. The quantitative estimate of drug-likeness (QED) is 0.600. The van der Waals surface area contributed by atoms with Crippen LogP contribution >= 0.6 is 11.6 Å². The number of ketones is 1. The summed E-state index contributed by atoms with van der Waals surface area (Å²) in [4.78, 5) is 39.8. The van der Waals surface area contributed by atoms with Crippen molar-refractivity contribution in [1.82, 2.24) is 0 Å².